The van der Waals surface area contributed by atoms with Crippen molar-refractivity contribution in [1.82, 2.24) is 15.2 Å². The third-order valence-electron chi connectivity index (χ3n) is 3.39. The summed E-state index contributed by atoms with van der Waals surface area (Å²) in [4.78, 5) is 1.35. The van der Waals surface area contributed by atoms with Gasteiger partial charge in [0.2, 0.25) is 0 Å². The normalized spacial score (nSPS) is 22.1. The Morgan fingerprint density at radius 1 is 1.47 bits per heavy atom. The zero-order valence-corrected chi connectivity index (χ0v) is 10.7. The van der Waals surface area contributed by atoms with Gasteiger partial charge in [-0.2, -0.15) is 10.2 Å². The molecular weight excluding hydrogens is 232 g/mol. The molecule has 5 heteroatoms. The number of aromatic nitrogens is 2. The van der Waals surface area contributed by atoms with E-state index in [9.17, 15) is 0 Å². The molecule has 2 aromatic heterocycles. The molecule has 0 radical (unpaired) electrons. The van der Waals surface area contributed by atoms with Gasteiger partial charge >= 0.3 is 0 Å². The van der Waals surface area contributed by atoms with Gasteiger partial charge in [0, 0.05) is 16.8 Å². The van der Waals surface area contributed by atoms with Gasteiger partial charge in [-0.3, -0.25) is 5.84 Å². The summed E-state index contributed by atoms with van der Waals surface area (Å²) in [6.45, 7) is 3.01. The van der Waals surface area contributed by atoms with Crippen LogP contribution in [-0.4, -0.2) is 21.8 Å². The van der Waals surface area contributed by atoms with Crippen LogP contribution in [-0.2, 0) is 0 Å². The molecule has 1 aliphatic rings. The first-order chi connectivity index (χ1) is 8.25. The minimum Gasteiger partial charge on any atom is -0.268 e. The van der Waals surface area contributed by atoms with E-state index in [1.807, 2.05) is 29.5 Å². The number of piperidine rings is 1. The molecule has 0 amide bonds. The molecule has 0 bridgehead atoms. The van der Waals surface area contributed by atoms with Gasteiger partial charge in [0.25, 0.3) is 0 Å². The second kappa shape index (κ2) is 4.33. The van der Waals surface area contributed by atoms with E-state index in [1.165, 1.54) is 27.8 Å². The van der Waals surface area contributed by atoms with Gasteiger partial charge in [0.05, 0.1) is 22.6 Å². The number of aryl methyl sites for hydroxylation is 1. The lowest BCUT2D eigenvalue weighted by Crippen LogP contribution is -2.38. The fourth-order valence-electron chi connectivity index (χ4n) is 2.45. The van der Waals surface area contributed by atoms with Crippen molar-refractivity contribution in [2.45, 2.75) is 32.2 Å². The molecule has 17 heavy (non-hydrogen) atoms. The van der Waals surface area contributed by atoms with Crippen molar-refractivity contribution in [3.05, 3.63) is 22.8 Å². The summed E-state index contributed by atoms with van der Waals surface area (Å²) in [7, 11) is 0. The zero-order valence-electron chi connectivity index (χ0n) is 9.89. The van der Waals surface area contributed by atoms with Crippen molar-refractivity contribution < 1.29 is 0 Å². The van der Waals surface area contributed by atoms with Gasteiger partial charge in [-0.25, -0.2) is 5.01 Å². The largest absolute Gasteiger partial charge is 0.268 e. The molecule has 2 N–H and O–H groups in total. The predicted octanol–water partition coefficient (Wildman–Crippen LogP) is 2.40. The monoisotopic (exact) mass is 248 g/mol. The Balaban J connectivity index is 2.02. The van der Waals surface area contributed by atoms with Gasteiger partial charge < -0.3 is 0 Å². The van der Waals surface area contributed by atoms with Crippen molar-refractivity contribution in [2.24, 2.45) is 5.84 Å². The van der Waals surface area contributed by atoms with E-state index < -0.39 is 0 Å². The number of hydrogen-bond acceptors (Lipinski definition) is 5. The van der Waals surface area contributed by atoms with Crippen molar-refractivity contribution >= 4 is 21.4 Å². The summed E-state index contributed by atoms with van der Waals surface area (Å²) in [6.07, 6.45) is 5.47. The summed E-state index contributed by atoms with van der Waals surface area (Å²) in [5.41, 5.74) is 1.01. The highest BCUT2D eigenvalue weighted by atomic mass is 32.1. The average molecular weight is 248 g/mol. The number of rotatable bonds is 1. The Bertz CT molecular complexity index is 536. The summed E-state index contributed by atoms with van der Waals surface area (Å²) in [5.74, 6) is 6.08. The topological polar surface area (TPSA) is 55.0 Å². The molecule has 0 spiro atoms. The number of thiophene rings is 1. The summed E-state index contributed by atoms with van der Waals surface area (Å²) >= 11 is 1.81. The van der Waals surface area contributed by atoms with Crippen molar-refractivity contribution in [1.29, 1.82) is 0 Å². The standard InChI is InChI=1S/C12H16N4S/c1-8-12-9(7-14-15-8)6-11(17-12)10-4-2-3-5-16(10)13/h6-7,10H,2-5,13H2,1H3. The predicted molar refractivity (Wildman–Crippen MR) is 69.6 cm³/mol. The molecule has 2 aromatic rings. The minimum absolute atomic E-state index is 0.376. The maximum Gasteiger partial charge on any atom is 0.0778 e. The Hall–Kier alpha value is -1.04. The lowest BCUT2D eigenvalue weighted by Gasteiger charge is -2.30. The van der Waals surface area contributed by atoms with E-state index in [2.05, 4.69) is 16.3 Å². The first kappa shape index (κ1) is 11.1. The number of fused-ring (bicyclic) bond motifs is 1. The highest BCUT2D eigenvalue weighted by Crippen LogP contribution is 2.36. The molecule has 1 aliphatic heterocycles. The maximum atomic E-state index is 6.08. The zero-order chi connectivity index (χ0) is 11.8. The molecular formula is C12H16N4S. The molecule has 90 valence electrons. The van der Waals surface area contributed by atoms with Crippen LogP contribution in [0.2, 0.25) is 0 Å². The van der Waals surface area contributed by atoms with E-state index >= 15 is 0 Å². The van der Waals surface area contributed by atoms with E-state index in [4.69, 9.17) is 5.84 Å². The van der Waals surface area contributed by atoms with E-state index in [-0.39, 0.29) is 0 Å². The number of hydrazine groups is 1. The van der Waals surface area contributed by atoms with Crippen LogP contribution in [0.25, 0.3) is 10.1 Å². The molecule has 3 rings (SSSR count). The summed E-state index contributed by atoms with van der Waals surface area (Å²) in [6, 6.07) is 2.60. The van der Waals surface area contributed by atoms with Gasteiger partial charge in [0.15, 0.2) is 0 Å². The Morgan fingerprint density at radius 3 is 3.12 bits per heavy atom. The number of nitrogens with zero attached hydrogens (tertiary/aromatic N) is 3. The molecule has 1 atom stereocenters. The first-order valence-electron chi connectivity index (χ1n) is 5.99. The smallest absolute Gasteiger partial charge is 0.0778 e. The molecule has 0 aromatic carbocycles. The fourth-order valence-corrected chi connectivity index (χ4v) is 3.68. The average Bonchev–Trinajstić information content (AvgIpc) is 2.75. The van der Waals surface area contributed by atoms with Gasteiger partial charge in [-0.05, 0) is 25.8 Å². The van der Waals surface area contributed by atoms with Crippen LogP contribution >= 0.6 is 11.3 Å². The van der Waals surface area contributed by atoms with Crippen LogP contribution in [0.15, 0.2) is 12.3 Å². The molecule has 4 nitrogen and oxygen atoms in total. The third kappa shape index (κ3) is 1.94. The van der Waals surface area contributed by atoms with Crippen LogP contribution in [0.4, 0.5) is 0 Å². The SMILES string of the molecule is Cc1nncc2cc(C3CCCCN3N)sc12. The molecule has 0 aliphatic carbocycles. The van der Waals surface area contributed by atoms with E-state index in [0.717, 1.165) is 18.7 Å². The fraction of sp³-hybridized carbons (Fsp3) is 0.500. The van der Waals surface area contributed by atoms with Gasteiger partial charge in [0.1, 0.15) is 0 Å². The highest BCUT2D eigenvalue weighted by Gasteiger charge is 2.23. The van der Waals surface area contributed by atoms with Crippen molar-refractivity contribution in [3.8, 4) is 0 Å². The summed E-state index contributed by atoms with van der Waals surface area (Å²) < 4.78 is 1.24. The van der Waals surface area contributed by atoms with Crippen LogP contribution in [0.1, 0.15) is 35.9 Å². The van der Waals surface area contributed by atoms with Crippen LogP contribution in [0, 0.1) is 6.92 Å². The molecule has 1 saturated heterocycles. The third-order valence-corrected chi connectivity index (χ3v) is 4.75. The van der Waals surface area contributed by atoms with E-state index in [1.54, 1.807) is 0 Å². The quantitative estimate of drug-likeness (QED) is 0.787. The molecule has 1 unspecified atom stereocenters. The van der Waals surface area contributed by atoms with Crippen molar-refractivity contribution in [3.63, 3.8) is 0 Å². The second-order valence-electron chi connectivity index (χ2n) is 4.61. The Kier molecular flexibility index (Phi) is 2.82. The minimum atomic E-state index is 0.376. The number of nitrogens with two attached hydrogens (primary N) is 1. The van der Waals surface area contributed by atoms with Gasteiger partial charge in [-0.1, -0.05) is 6.42 Å². The molecule has 3 heterocycles. The summed E-state index contributed by atoms with van der Waals surface area (Å²) in [5, 5.41) is 11.3. The maximum absolute atomic E-state index is 6.08. The Labute approximate surface area is 104 Å². The van der Waals surface area contributed by atoms with E-state index in [0.29, 0.717) is 6.04 Å². The highest BCUT2D eigenvalue weighted by molar-refractivity contribution is 7.19. The van der Waals surface area contributed by atoms with Crippen LogP contribution in [0.3, 0.4) is 0 Å². The van der Waals surface area contributed by atoms with Crippen LogP contribution < -0.4 is 5.84 Å². The molecule has 1 fully saturated rings. The lowest BCUT2D eigenvalue weighted by molar-refractivity contribution is 0.154. The van der Waals surface area contributed by atoms with Crippen LogP contribution in [0.5, 0.6) is 0 Å². The Morgan fingerprint density at radius 2 is 2.35 bits per heavy atom. The van der Waals surface area contributed by atoms with Crippen molar-refractivity contribution in [2.75, 3.05) is 6.54 Å². The molecule has 0 saturated carbocycles. The van der Waals surface area contributed by atoms with Gasteiger partial charge in [-0.15, -0.1) is 11.3 Å². The first-order valence-corrected chi connectivity index (χ1v) is 6.80. The number of hydrogen-bond donors (Lipinski definition) is 1. The second-order valence-corrected chi connectivity index (χ2v) is 5.70. The lowest BCUT2D eigenvalue weighted by atomic mass is 10.0.